The van der Waals surface area contributed by atoms with E-state index in [2.05, 4.69) is 11.5 Å². The number of nitrogens with zero attached hydrogens (tertiary/aromatic N) is 3. The summed E-state index contributed by atoms with van der Waals surface area (Å²) in [7, 11) is 3.49. The highest BCUT2D eigenvalue weighted by molar-refractivity contribution is 5.65. The molecule has 0 spiro atoms. The number of hydrogen-bond donors (Lipinski definition) is 1. The molecule has 1 N–H and O–H groups in total. The molecule has 0 amide bonds. The van der Waals surface area contributed by atoms with Crippen LogP contribution in [-0.2, 0) is 24.9 Å². The van der Waals surface area contributed by atoms with Crippen molar-refractivity contribution in [1.29, 1.82) is 0 Å². The molecule has 4 rings (SSSR count). The minimum Gasteiger partial charge on any atom is -0.497 e. The maximum Gasteiger partial charge on any atom is 0.222 e. The monoisotopic (exact) mass is 503 g/mol. The normalized spacial score (nSPS) is 12.0. The molecule has 2 aromatic heterocycles. The van der Waals surface area contributed by atoms with Gasteiger partial charge in [-0.15, -0.1) is 6.58 Å². The summed E-state index contributed by atoms with van der Waals surface area (Å²) >= 11 is 0. The van der Waals surface area contributed by atoms with Gasteiger partial charge in [0.05, 0.1) is 44.8 Å². The van der Waals surface area contributed by atoms with Crippen molar-refractivity contribution in [3.8, 4) is 28.6 Å². The average Bonchev–Trinajstić information content (AvgIpc) is 3.53. The van der Waals surface area contributed by atoms with Crippen LogP contribution >= 0.6 is 0 Å². The molecule has 0 fully saturated rings. The van der Waals surface area contributed by atoms with Crippen LogP contribution in [0.4, 0.5) is 0 Å². The lowest BCUT2D eigenvalue weighted by Gasteiger charge is -2.25. The van der Waals surface area contributed by atoms with Crippen molar-refractivity contribution >= 4 is 0 Å². The molecular weight excluding hydrogens is 470 g/mol. The fourth-order valence-corrected chi connectivity index (χ4v) is 4.10. The van der Waals surface area contributed by atoms with Gasteiger partial charge in [0.2, 0.25) is 5.88 Å². The Labute approximate surface area is 217 Å². The highest BCUT2D eigenvalue weighted by Gasteiger charge is 2.24. The maximum atomic E-state index is 10.7. The van der Waals surface area contributed by atoms with Gasteiger partial charge < -0.3 is 23.7 Å². The first kappa shape index (κ1) is 26.2. The van der Waals surface area contributed by atoms with Gasteiger partial charge in [-0.25, -0.2) is 4.68 Å². The summed E-state index contributed by atoms with van der Waals surface area (Å²) in [5.41, 5.74) is 2.67. The lowest BCUT2D eigenvalue weighted by molar-refractivity contribution is 0.0215. The van der Waals surface area contributed by atoms with Crippen LogP contribution in [0.15, 0.2) is 90.1 Å². The smallest absolute Gasteiger partial charge is 0.222 e. The number of ether oxygens (including phenoxy) is 3. The van der Waals surface area contributed by atoms with Crippen molar-refractivity contribution in [3.05, 3.63) is 97.0 Å². The van der Waals surface area contributed by atoms with Crippen molar-refractivity contribution < 1.29 is 23.7 Å². The van der Waals surface area contributed by atoms with Gasteiger partial charge in [0.15, 0.2) is 0 Å². The van der Waals surface area contributed by atoms with Crippen molar-refractivity contribution in [2.75, 3.05) is 26.9 Å². The lowest BCUT2D eigenvalue weighted by Crippen LogP contribution is -2.34. The van der Waals surface area contributed by atoms with Gasteiger partial charge in [-0.05, 0) is 24.3 Å². The number of aliphatic hydroxyl groups excluding tert-OH is 1. The van der Waals surface area contributed by atoms with Crippen LogP contribution in [0.2, 0.25) is 0 Å². The van der Waals surface area contributed by atoms with E-state index in [0.717, 1.165) is 22.6 Å². The summed E-state index contributed by atoms with van der Waals surface area (Å²) in [6.07, 6.45) is 2.61. The molecular formula is C29H33N3O5. The number of benzene rings is 2. The van der Waals surface area contributed by atoms with Crippen LogP contribution in [0.1, 0.15) is 11.3 Å². The Kier molecular flexibility index (Phi) is 9.15. The van der Waals surface area contributed by atoms with Crippen molar-refractivity contribution in [1.82, 2.24) is 14.7 Å². The molecule has 0 aliphatic carbocycles. The first-order valence-corrected chi connectivity index (χ1v) is 12.1. The van der Waals surface area contributed by atoms with Gasteiger partial charge >= 0.3 is 0 Å². The Hall–Kier alpha value is -3.85. The van der Waals surface area contributed by atoms with Crippen LogP contribution in [0.25, 0.3) is 11.3 Å². The standard InChI is InChI=1S/C29H33N3O5/c1-4-15-35-21-23(33)18-32(19-26-14-9-16-36-26)20-27-28(22-10-6-5-7-11-22)30-31(2)29(27)37-25-13-8-12-24(17-25)34-3/h4-14,16-17,23,33H,1,15,18-21H2,2-3H3/t23-/m0/s1. The van der Waals surface area contributed by atoms with E-state index in [1.807, 2.05) is 73.8 Å². The zero-order valence-corrected chi connectivity index (χ0v) is 21.2. The quantitative estimate of drug-likeness (QED) is 0.191. The number of furan rings is 1. The highest BCUT2D eigenvalue weighted by atomic mass is 16.5. The van der Waals surface area contributed by atoms with E-state index in [1.54, 1.807) is 24.1 Å². The van der Waals surface area contributed by atoms with E-state index in [0.29, 0.717) is 43.6 Å². The minimum absolute atomic E-state index is 0.201. The SMILES string of the molecule is C=CCOC[C@@H](O)CN(Cc1ccco1)Cc1c(-c2ccccc2)nn(C)c1Oc1cccc(OC)c1. The Bertz CT molecular complexity index is 1250. The van der Waals surface area contributed by atoms with E-state index in [-0.39, 0.29) is 6.61 Å². The fourth-order valence-electron chi connectivity index (χ4n) is 4.10. The number of aliphatic hydroxyl groups is 1. The Morgan fingerprint density at radius 1 is 1.08 bits per heavy atom. The molecule has 194 valence electrons. The third-order valence-electron chi connectivity index (χ3n) is 5.75. The van der Waals surface area contributed by atoms with Gasteiger partial charge in [0, 0.05) is 31.8 Å². The molecule has 8 nitrogen and oxygen atoms in total. The topological polar surface area (TPSA) is 82.1 Å². The summed E-state index contributed by atoms with van der Waals surface area (Å²) in [4.78, 5) is 2.10. The Morgan fingerprint density at radius 2 is 1.89 bits per heavy atom. The maximum absolute atomic E-state index is 10.7. The van der Waals surface area contributed by atoms with Gasteiger partial charge in [-0.1, -0.05) is 42.5 Å². The number of aromatic nitrogens is 2. The third-order valence-corrected chi connectivity index (χ3v) is 5.75. The zero-order valence-electron chi connectivity index (χ0n) is 21.2. The summed E-state index contributed by atoms with van der Waals surface area (Å²) in [6.45, 7) is 5.55. The second-order valence-corrected chi connectivity index (χ2v) is 8.63. The zero-order chi connectivity index (χ0) is 26.0. The lowest BCUT2D eigenvalue weighted by atomic mass is 10.1. The first-order valence-electron chi connectivity index (χ1n) is 12.1. The average molecular weight is 504 g/mol. The van der Waals surface area contributed by atoms with Gasteiger partial charge in [-0.2, -0.15) is 5.10 Å². The van der Waals surface area contributed by atoms with Crippen molar-refractivity contribution in [2.45, 2.75) is 19.2 Å². The fraction of sp³-hybridized carbons (Fsp3) is 0.276. The third kappa shape index (κ3) is 7.10. The number of rotatable bonds is 14. The van der Waals surface area contributed by atoms with Gasteiger partial charge in [-0.3, -0.25) is 4.90 Å². The van der Waals surface area contributed by atoms with E-state index < -0.39 is 6.10 Å². The largest absolute Gasteiger partial charge is 0.497 e. The number of methoxy groups -OCH3 is 1. The molecule has 4 aromatic rings. The van der Waals surface area contributed by atoms with Gasteiger partial charge in [0.25, 0.3) is 0 Å². The van der Waals surface area contributed by atoms with E-state index in [1.165, 1.54) is 0 Å². The summed E-state index contributed by atoms with van der Waals surface area (Å²) in [5, 5.41) is 15.5. The van der Waals surface area contributed by atoms with Crippen molar-refractivity contribution in [2.24, 2.45) is 7.05 Å². The molecule has 0 saturated carbocycles. The Balaban J connectivity index is 1.68. The molecule has 0 unspecified atom stereocenters. The van der Waals surface area contributed by atoms with Crippen LogP contribution in [-0.4, -0.2) is 52.8 Å². The number of aryl methyl sites for hydroxylation is 1. The molecule has 0 bridgehead atoms. The minimum atomic E-state index is -0.700. The second kappa shape index (κ2) is 12.9. The van der Waals surface area contributed by atoms with E-state index >= 15 is 0 Å². The Morgan fingerprint density at radius 3 is 2.62 bits per heavy atom. The summed E-state index contributed by atoms with van der Waals surface area (Å²) in [6, 6.07) is 21.2. The van der Waals surface area contributed by atoms with E-state index in [4.69, 9.17) is 23.7 Å². The predicted octanol–water partition coefficient (Wildman–Crippen LogP) is 5.05. The molecule has 0 aliphatic heterocycles. The molecule has 2 aromatic carbocycles. The predicted molar refractivity (Wildman–Crippen MR) is 142 cm³/mol. The first-order chi connectivity index (χ1) is 18.1. The van der Waals surface area contributed by atoms with Crippen LogP contribution in [0, 0.1) is 0 Å². The van der Waals surface area contributed by atoms with Crippen LogP contribution in [0.5, 0.6) is 17.4 Å². The van der Waals surface area contributed by atoms with Crippen LogP contribution in [0.3, 0.4) is 0 Å². The van der Waals surface area contributed by atoms with Crippen LogP contribution < -0.4 is 9.47 Å². The molecule has 1 atom stereocenters. The summed E-state index contributed by atoms with van der Waals surface area (Å²) in [5.74, 6) is 2.74. The molecule has 0 radical (unpaired) electrons. The molecule has 37 heavy (non-hydrogen) atoms. The van der Waals surface area contributed by atoms with E-state index in [9.17, 15) is 5.11 Å². The van der Waals surface area contributed by atoms with Crippen molar-refractivity contribution in [3.63, 3.8) is 0 Å². The molecule has 2 heterocycles. The number of hydrogen-bond acceptors (Lipinski definition) is 7. The van der Waals surface area contributed by atoms with Gasteiger partial charge in [0.1, 0.15) is 23.0 Å². The molecule has 0 saturated heterocycles. The second-order valence-electron chi connectivity index (χ2n) is 8.63. The highest BCUT2D eigenvalue weighted by Crippen LogP contribution is 2.35. The molecule has 8 heteroatoms. The summed E-state index contributed by atoms with van der Waals surface area (Å²) < 4.78 is 24.6. The molecule has 0 aliphatic rings.